The Bertz CT molecular complexity index is 494. The van der Waals surface area contributed by atoms with Gasteiger partial charge >= 0.3 is 6.03 Å². The van der Waals surface area contributed by atoms with Gasteiger partial charge in [-0.3, -0.25) is 0 Å². The van der Waals surface area contributed by atoms with Crippen LogP contribution >= 0.6 is 11.3 Å². The van der Waals surface area contributed by atoms with Crippen molar-refractivity contribution in [3.05, 3.63) is 52.2 Å². The fourth-order valence-electron chi connectivity index (χ4n) is 1.48. The van der Waals surface area contributed by atoms with E-state index in [0.717, 1.165) is 16.1 Å². The van der Waals surface area contributed by atoms with E-state index in [-0.39, 0.29) is 6.03 Å². The summed E-state index contributed by atoms with van der Waals surface area (Å²) >= 11 is 1.63. The second-order valence-corrected chi connectivity index (χ2v) is 4.79. The highest BCUT2D eigenvalue weighted by Gasteiger charge is 2.01. The van der Waals surface area contributed by atoms with Gasteiger partial charge in [-0.2, -0.15) is 0 Å². The summed E-state index contributed by atoms with van der Waals surface area (Å²) in [5.41, 5.74) is 1.94. The summed E-state index contributed by atoms with van der Waals surface area (Å²) in [4.78, 5) is 12.7. The first kappa shape index (κ1) is 11.7. The molecule has 0 aliphatic rings. The molecule has 0 fully saturated rings. The largest absolute Gasteiger partial charge is 0.333 e. The number of aryl methyl sites for hydroxylation is 1. The maximum absolute atomic E-state index is 11.6. The van der Waals surface area contributed by atoms with E-state index < -0.39 is 0 Å². The van der Waals surface area contributed by atoms with Crippen LogP contribution in [0.15, 0.2) is 41.8 Å². The van der Waals surface area contributed by atoms with Gasteiger partial charge in [-0.25, -0.2) is 4.79 Å². The Labute approximate surface area is 104 Å². The first-order valence-electron chi connectivity index (χ1n) is 5.38. The number of hydrogen-bond donors (Lipinski definition) is 2. The second-order valence-electron chi connectivity index (χ2n) is 3.76. The Morgan fingerprint density at radius 2 is 2.18 bits per heavy atom. The maximum Gasteiger partial charge on any atom is 0.319 e. The van der Waals surface area contributed by atoms with Crippen molar-refractivity contribution in [1.29, 1.82) is 0 Å². The van der Waals surface area contributed by atoms with Crippen molar-refractivity contribution in [1.82, 2.24) is 5.32 Å². The van der Waals surface area contributed by atoms with Crippen molar-refractivity contribution in [2.75, 3.05) is 5.32 Å². The van der Waals surface area contributed by atoms with Crippen LogP contribution in [-0.2, 0) is 6.54 Å². The zero-order valence-electron chi connectivity index (χ0n) is 9.57. The van der Waals surface area contributed by atoms with Crippen molar-refractivity contribution in [3.63, 3.8) is 0 Å². The van der Waals surface area contributed by atoms with Gasteiger partial charge in [0.1, 0.15) is 0 Å². The smallest absolute Gasteiger partial charge is 0.319 e. The molecule has 1 aromatic heterocycles. The van der Waals surface area contributed by atoms with Crippen LogP contribution in [0.4, 0.5) is 10.5 Å². The molecule has 2 amide bonds. The summed E-state index contributed by atoms with van der Waals surface area (Å²) in [7, 11) is 0. The third kappa shape index (κ3) is 3.60. The first-order valence-corrected chi connectivity index (χ1v) is 6.26. The molecule has 0 spiro atoms. The first-order chi connectivity index (χ1) is 8.24. The number of nitrogens with one attached hydrogen (secondary N) is 2. The molecule has 0 aliphatic carbocycles. The van der Waals surface area contributed by atoms with E-state index in [4.69, 9.17) is 0 Å². The quantitative estimate of drug-likeness (QED) is 0.856. The molecule has 2 rings (SSSR count). The molecule has 3 nitrogen and oxygen atoms in total. The zero-order valence-corrected chi connectivity index (χ0v) is 10.4. The molecular formula is C13H14N2OS. The number of amides is 2. The molecule has 0 unspecified atom stereocenters. The third-order valence-electron chi connectivity index (χ3n) is 2.28. The summed E-state index contributed by atoms with van der Waals surface area (Å²) in [6.45, 7) is 2.56. The van der Waals surface area contributed by atoms with Crippen LogP contribution in [0, 0.1) is 6.92 Å². The molecule has 0 bridgehead atoms. The van der Waals surface area contributed by atoms with Crippen molar-refractivity contribution < 1.29 is 4.79 Å². The van der Waals surface area contributed by atoms with Crippen LogP contribution in [-0.4, -0.2) is 6.03 Å². The highest BCUT2D eigenvalue weighted by atomic mass is 32.1. The Kier molecular flexibility index (Phi) is 3.77. The summed E-state index contributed by atoms with van der Waals surface area (Å²) in [6, 6.07) is 11.5. The van der Waals surface area contributed by atoms with Gasteiger partial charge in [0.25, 0.3) is 0 Å². The highest BCUT2D eigenvalue weighted by Crippen LogP contribution is 2.10. The van der Waals surface area contributed by atoms with Crippen molar-refractivity contribution in [3.8, 4) is 0 Å². The minimum atomic E-state index is -0.177. The number of carbonyl (C=O) groups is 1. The molecule has 88 valence electrons. The molecule has 0 saturated carbocycles. The zero-order chi connectivity index (χ0) is 12.1. The van der Waals surface area contributed by atoms with E-state index in [1.807, 2.05) is 48.7 Å². The van der Waals surface area contributed by atoms with Crippen molar-refractivity contribution in [2.24, 2.45) is 0 Å². The summed E-state index contributed by atoms with van der Waals surface area (Å²) in [5.74, 6) is 0. The Morgan fingerprint density at radius 1 is 1.29 bits per heavy atom. The molecule has 0 saturated heterocycles. The lowest BCUT2D eigenvalue weighted by atomic mass is 10.2. The number of rotatable bonds is 3. The van der Waals surface area contributed by atoms with Crippen LogP contribution in [0.1, 0.15) is 10.4 Å². The predicted molar refractivity (Wildman–Crippen MR) is 71.4 cm³/mol. The number of thiophene rings is 1. The monoisotopic (exact) mass is 246 g/mol. The van der Waals surface area contributed by atoms with E-state index in [0.29, 0.717) is 6.54 Å². The summed E-state index contributed by atoms with van der Waals surface area (Å²) in [6.07, 6.45) is 0. The lowest BCUT2D eigenvalue weighted by Crippen LogP contribution is -2.27. The van der Waals surface area contributed by atoms with Crippen molar-refractivity contribution >= 4 is 23.1 Å². The van der Waals surface area contributed by atoms with Gasteiger partial charge in [0.05, 0.1) is 6.54 Å². The predicted octanol–water partition coefficient (Wildman–Crippen LogP) is 3.38. The molecule has 4 heteroatoms. The molecule has 0 radical (unpaired) electrons. The average molecular weight is 246 g/mol. The van der Waals surface area contributed by atoms with E-state index in [2.05, 4.69) is 10.6 Å². The highest BCUT2D eigenvalue weighted by molar-refractivity contribution is 7.09. The van der Waals surface area contributed by atoms with Crippen LogP contribution in [0.25, 0.3) is 0 Å². The second kappa shape index (κ2) is 5.50. The number of carbonyl (C=O) groups excluding carboxylic acids is 1. The van der Waals surface area contributed by atoms with Crippen molar-refractivity contribution in [2.45, 2.75) is 13.5 Å². The molecule has 2 N–H and O–H groups in total. The molecule has 17 heavy (non-hydrogen) atoms. The lowest BCUT2D eigenvalue weighted by molar-refractivity contribution is 0.252. The van der Waals surface area contributed by atoms with E-state index >= 15 is 0 Å². The number of hydrogen-bond acceptors (Lipinski definition) is 2. The van der Waals surface area contributed by atoms with E-state index in [1.54, 1.807) is 11.3 Å². The van der Waals surface area contributed by atoms with Gasteiger partial charge in [0.2, 0.25) is 0 Å². The third-order valence-corrected chi connectivity index (χ3v) is 3.16. The maximum atomic E-state index is 11.6. The fourth-order valence-corrected chi connectivity index (χ4v) is 2.12. The molecule has 0 aliphatic heterocycles. The molecule has 1 aromatic carbocycles. The minimum Gasteiger partial charge on any atom is -0.333 e. The SMILES string of the molecule is Cc1cccc(NC(=O)NCc2cccs2)c1. The van der Waals surface area contributed by atoms with Gasteiger partial charge in [0.15, 0.2) is 0 Å². The fraction of sp³-hybridized carbons (Fsp3) is 0.154. The molecule has 2 aromatic rings. The average Bonchev–Trinajstić information content (AvgIpc) is 2.79. The van der Waals surface area contributed by atoms with Gasteiger partial charge in [-0.15, -0.1) is 11.3 Å². The minimum absolute atomic E-state index is 0.177. The Balaban J connectivity index is 1.85. The standard InChI is InChI=1S/C13H14N2OS/c1-10-4-2-5-11(8-10)15-13(16)14-9-12-6-3-7-17-12/h2-8H,9H2,1H3,(H2,14,15,16). The lowest BCUT2D eigenvalue weighted by Gasteiger charge is -2.07. The number of benzene rings is 1. The van der Waals surface area contributed by atoms with Gasteiger partial charge in [0, 0.05) is 10.6 Å². The molecular weight excluding hydrogens is 232 g/mol. The number of urea groups is 1. The van der Waals surface area contributed by atoms with Crippen LogP contribution in [0.2, 0.25) is 0 Å². The molecule has 0 atom stereocenters. The van der Waals surface area contributed by atoms with E-state index in [1.165, 1.54) is 0 Å². The Hall–Kier alpha value is -1.81. The van der Waals surface area contributed by atoms with Crippen LogP contribution in [0.5, 0.6) is 0 Å². The van der Waals surface area contributed by atoms with Gasteiger partial charge in [-0.1, -0.05) is 18.2 Å². The van der Waals surface area contributed by atoms with E-state index in [9.17, 15) is 4.79 Å². The summed E-state index contributed by atoms with van der Waals surface area (Å²) < 4.78 is 0. The Morgan fingerprint density at radius 3 is 2.88 bits per heavy atom. The van der Waals surface area contributed by atoms with Crippen LogP contribution < -0.4 is 10.6 Å². The molecule has 1 heterocycles. The normalized spacial score (nSPS) is 9.94. The van der Waals surface area contributed by atoms with Gasteiger partial charge < -0.3 is 10.6 Å². The van der Waals surface area contributed by atoms with Gasteiger partial charge in [-0.05, 0) is 36.1 Å². The number of anilines is 1. The summed E-state index contributed by atoms with van der Waals surface area (Å²) in [5, 5.41) is 7.61. The van der Waals surface area contributed by atoms with Crippen LogP contribution in [0.3, 0.4) is 0 Å². The topological polar surface area (TPSA) is 41.1 Å².